The highest BCUT2D eigenvalue weighted by molar-refractivity contribution is 5.95. The Hall–Kier alpha value is -2.11. The Labute approximate surface area is 129 Å². The molecular formula is C13H17NO9. The van der Waals surface area contributed by atoms with E-state index in [4.69, 9.17) is 5.11 Å². The lowest BCUT2D eigenvalue weighted by Crippen LogP contribution is -2.62. The first-order valence-electron chi connectivity index (χ1n) is 6.55. The number of aromatic hydroxyl groups is 3. The second-order valence-corrected chi connectivity index (χ2v) is 5.24. The number of ether oxygens (including phenoxy) is 1. The Balaban J connectivity index is 2.14. The van der Waals surface area contributed by atoms with Gasteiger partial charge in [-0.15, -0.1) is 0 Å². The van der Waals surface area contributed by atoms with Crippen molar-refractivity contribution in [1.82, 2.24) is 5.32 Å². The summed E-state index contributed by atoms with van der Waals surface area (Å²) in [5.41, 5.74) is -2.61. The van der Waals surface area contributed by atoms with E-state index in [0.717, 1.165) is 12.1 Å². The Morgan fingerprint density at radius 2 is 1.87 bits per heavy atom. The molecule has 1 heterocycles. The van der Waals surface area contributed by atoms with Crippen LogP contribution >= 0.6 is 0 Å². The van der Waals surface area contributed by atoms with Gasteiger partial charge >= 0.3 is 0 Å². The smallest absolute Gasteiger partial charge is 0.251 e. The Kier molecular flexibility index (Phi) is 4.37. The molecule has 1 aliphatic rings. The maximum Gasteiger partial charge on any atom is 0.251 e. The molecule has 0 aromatic heterocycles. The molecule has 0 spiro atoms. The Morgan fingerprint density at radius 1 is 1.35 bits per heavy atom. The van der Waals surface area contributed by atoms with Gasteiger partial charge in [0.15, 0.2) is 22.8 Å². The van der Waals surface area contributed by atoms with Gasteiger partial charge in [-0.3, -0.25) is 4.79 Å². The average molecular weight is 331 g/mol. The van der Waals surface area contributed by atoms with Gasteiger partial charge in [0.25, 0.3) is 5.91 Å². The van der Waals surface area contributed by atoms with E-state index in [0.29, 0.717) is 0 Å². The van der Waals surface area contributed by atoms with Crippen LogP contribution in [0.2, 0.25) is 0 Å². The quantitative estimate of drug-likeness (QED) is 0.203. The minimum atomic E-state index is -2.36. The molecule has 23 heavy (non-hydrogen) atoms. The topological polar surface area (TPSA) is 183 Å². The molecule has 0 bridgehead atoms. The largest absolute Gasteiger partial charge is 0.504 e. The van der Waals surface area contributed by atoms with Crippen molar-refractivity contribution in [2.75, 3.05) is 19.8 Å². The molecule has 3 unspecified atom stereocenters. The van der Waals surface area contributed by atoms with Crippen molar-refractivity contribution < 1.29 is 45.3 Å². The number of nitrogens with one attached hydrogen (secondary N) is 1. The minimum Gasteiger partial charge on any atom is -0.504 e. The summed E-state index contributed by atoms with van der Waals surface area (Å²) < 4.78 is 4.65. The summed E-state index contributed by atoms with van der Waals surface area (Å²) in [6.45, 7) is -1.87. The lowest BCUT2D eigenvalue weighted by atomic mass is 9.90. The van der Waals surface area contributed by atoms with Gasteiger partial charge in [-0.05, 0) is 12.1 Å². The number of hydrogen-bond acceptors (Lipinski definition) is 9. The average Bonchev–Trinajstić information content (AvgIpc) is 3.27. The van der Waals surface area contributed by atoms with Crippen molar-refractivity contribution in [2.45, 2.75) is 17.5 Å². The molecule has 1 aromatic carbocycles. The van der Waals surface area contributed by atoms with Gasteiger partial charge in [-0.2, -0.15) is 0 Å². The van der Waals surface area contributed by atoms with Crippen LogP contribution in [0, 0.1) is 0 Å². The molecule has 1 amide bonds. The summed E-state index contributed by atoms with van der Waals surface area (Å²) in [5, 5.41) is 68.8. The van der Waals surface area contributed by atoms with Crippen molar-refractivity contribution in [2.24, 2.45) is 0 Å². The van der Waals surface area contributed by atoms with E-state index in [1.165, 1.54) is 0 Å². The molecule has 1 fully saturated rings. The predicted octanol–water partition coefficient (Wildman–Crippen LogP) is -2.66. The zero-order chi connectivity index (χ0) is 17.4. The van der Waals surface area contributed by atoms with Crippen LogP contribution in [0.5, 0.6) is 17.2 Å². The summed E-state index contributed by atoms with van der Waals surface area (Å²) in [7, 11) is 0. The van der Waals surface area contributed by atoms with Crippen LogP contribution in [0.3, 0.4) is 0 Å². The highest BCUT2D eigenvalue weighted by atomic mass is 16.7. The van der Waals surface area contributed by atoms with E-state index in [1.807, 2.05) is 0 Å². The number of benzene rings is 1. The van der Waals surface area contributed by atoms with Gasteiger partial charge in [0, 0.05) is 5.56 Å². The molecule has 2 rings (SSSR count). The van der Waals surface area contributed by atoms with E-state index in [1.54, 1.807) is 0 Å². The third-order valence-corrected chi connectivity index (χ3v) is 3.67. The number of amides is 1. The summed E-state index contributed by atoms with van der Waals surface area (Å²) in [5.74, 6) is -5.26. The zero-order valence-corrected chi connectivity index (χ0v) is 11.8. The molecule has 8 N–H and O–H groups in total. The fraction of sp³-hybridized carbons (Fsp3) is 0.462. The zero-order valence-electron chi connectivity index (χ0n) is 11.8. The van der Waals surface area contributed by atoms with Crippen LogP contribution in [0.4, 0.5) is 0 Å². The van der Waals surface area contributed by atoms with Crippen LogP contribution in [0.1, 0.15) is 10.4 Å². The van der Waals surface area contributed by atoms with Gasteiger partial charge in [0.2, 0.25) is 5.79 Å². The number of epoxide rings is 1. The molecule has 10 nitrogen and oxygen atoms in total. The molecule has 0 aliphatic carbocycles. The molecule has 3 atom stereocenters. The van der Waals surface area contributed by atoms with Crippen molar-refractivity contribution >= 4 is 5.91 Å². The van der Waals surface area contributed by atoms with Crippen molar-refractivity contribution in [1.29, 1.82) is 0 Å². The van der Waals surface area contributed by atoms with Gasteiger partial charge < -0.3 is 45.8 Å². The van der Waals surface area contributed by atoms with E-state index < -0.39 is 53.8 Å². The lowest BCUT2D eigenvalue weighted by Gasteiger charge is -2.34. The SMILES string of the molecule is O=C(NCC(O)(C(O)CO)C1(O)CO1)c1cc(O)c(O)c(O)c1. The van der Waals surface area contributed by atoms with Crippen molar-refractivity contribution in [3.05, 3.63) is 17.7 Å². The summed E-state index contributed by atoms with van der Waals surface area (Å²) in [6, 6.07) is 1.74. The van der Waals surface area contributed by atoms with Crippen molar-refractivity contribution in [3.63, 3.8) is 0 Å². The van der Waals surface area contributed by atoms with Crippen LogP contribution < -0.4 is 5.32 Å². The van der Waals surface area contributed by atoms with Gasteiger partial charge in [-0.25, -0.2) is 0 Å². The maximum atomic E-state index is 12.0. The third-order valence-electron chi connectivity index (χ3n) is 3.67. The summed E-state index contributed by atoms with van der Waals surface area (Å²) in [4.78, 5) is 12.0. The molecule has 0 radical (unpaired) electrons. The fourth-order valence-corrected chi connectivity index (χ4v) is 2.04. The molecular weight excluding hydrogens is 314 g/mol. The molecule has 0 saturated carbocycles. The highest BCUT2D eigenvalue weighted by Crippen LogP contribution is 2.38. The number of phenols is 3. The Morgan fingerprint density at radius 3 is 2.30 bits per heavy atom. The molecule has 10 heteroatoms. The van der Waals surface area contributed by atoms with E-state index >= 15 is 0 Å². The molecule has 1 saturated heterocycles. The van der Waals surface area contributed by atoms with E-state index in [-0.39, 0.29) is 12.2 Å². The molecule has 1 aliphatic heterocycles. The third kappa shape index (κ3) is 3.02. The summed E-state index contributed by atoms with van der Waals surface area (Å²) in [6.07, 6.45) is -1.79. The normalized spacial score (nSPS) is 23.8. The van der Waals surface area contributed by atoms with Gasteiger partial charge in [0.1, 0.15) is 12.7 Å². The second kappa shape index (κ2) is 5.83. The number of aliphatic hydroxyl groups is 4. The van der Waals surface area contributed by atoms with Crippen molar-refractivity contribution in [3.8, 4) is 17.2 Å². The van der Waals surface area contributed by atoms with Crippen LogP contribution in [0.25, 0.3) is 0 Å². The molecule has 1 aromatic rings. The van der Waals surface area contributed by atoms with Crippen LogP contribution in [-0.2, 0) is 4.74 Å². The Bertz CT molecular complexity index is 592. The lowest BCUT2D eigenvalue weighted by molar-refractivity contribution is -0.200. The second-order valence-electron chi connectivity index (χ2n) is 5.24. The number of rotatable bonds is 6. The standard InChI is InChI=1S/C13H17NO9/c15-3-9(18)12(21,13(22)5-23-13)4-14-11(20)6-1-7(16)10(19)8(17)2-6/h1-2,9,15-19,21-22H,3-5H2,(H,14,20). The van der Waals surface area contributed by atoms with Gasteiger partial charge in [0.05, 0.1) is 13.2 Å². The number of hydrogen-bond donors (Lipinski definition) is 8. The fourth-order valence-electron chi connectivity index (χ4n) is 2.04. The number of carbonyl (C=O) groups excluding carboxylic acids is 1. The molecule has 128 valence electrons. The predicted molar refractivity (Wildman–Crippen MR) is 72.7 cm³/mol. The van der Waals surface area contributed by atoms with E-state index in [9.17, 15) is 35.4 Å². The number of aliphatic hydroxyl groups excluding tert-OH is 2. The van der Waals surface area contributed by atoms with Crippen LogP contribution in [0.15, 0.2) is 12.1 Å². The first-order chi connectivity index (χ1) is 10.6. The van der Waals surface area contributed by atoms with Crippen LogP contribution in [-0.4, -0.2) is 78.9 Å². The number of carbonyl (C=O) groups is 1. The van der Waals surface area contributed by atoms with E-state index in [2.05, 4.69) is 10.1 Å². The minimum absolute atomic E-state index is 0.248. The van der Waals surface area contributed by atoms with Gasteiger partial charge in [-0.1, -0.05) is 0 Å². The number of phenolic OH excluding ortho intramolecular Hbond substituents is 3. The first kappa shape index (κ1) is 17.2. The first-order valence-corrected chi connectivity index (χ1v) is 6.55. The monoisotopic (exact) mass is 331 g/mol. The highest BCUT2D eigenvalue weighted by Gasteiger charge is 2.64. The maximum absolute atomic E-state index is 12.0. The summed E-state index contributed by atoms with van der Waals surface area (Å²) >= 11 is 0.